The molecule has 0 atom stereocenters. The van der Waals surface area contributed by atoms with Gasteiger partial charge in [-0.1, -0.05) is 51.9 Å². The molecule has 0 unspecified atom stereocenters. The van der Waals surface area contributed by atoms with Gasteiger partial charge >= 0.3 is 0 Å². The molecule has 2 aromatic rings. The van der Waals surface area contributed by atoms with Crippen LogP contribution in [0.3, 0.4) is 0 Å². The number of rotatable bonds is 9. The maximum absolute atomic E-state index is 4.60. The molecule has 0 aliphatic heterocycles. The van der Waals surface area contributed by atoms with Crippen molar-refractivity contribution in [3.8, 4) is 0 Å². The second-order valence-corrected chi connectivity index (χ2v) is 5.30. The molecule has 0 amide bonds. The first-order chi connectivity index (χ1) is 9.40. The monoisotopic (exact) mass is 259 g/mol. The number of aryl methyl sites for hydroxylation is 1. The van der Waals surface area contributed by atoms with Crippen LogP contribution < -0.4 is 0 Å². The Labute approximate surface area is 115 Å². The molecule has 104 valence electrons. The van der Waals surface area contributed by atoms with Crippen molar-refractivity contribution in [2.45, 2.75) is 64.7 Å². The van der Waals surface area contributed by atoms with Crippen LogP contribution in [0.15, 0.2) is 18.5 Å². The van der Waals surface area contributed by atoms with Gasteiger partial charge in [0.1, 0.15) is 5.52 Å². The zero-order valence-electron chi connectivity index (χ0n) is 12.0. The molecule has 0 radical (unpaired) electrons. The molecule has 19 heavy (non-hydrogen) atoms. The van der Waals surface area contributed by atoms with Crippen molar-refractivity contribution in [2.24, 2.45) is 0 Å². The molecule has 2 rings (SSSR count). The Balaban J connectivity index is 1.60. The van der Waals surface area contributed by atoms with Gasteiger partial charge in [0.2, 0.25) is 0 Å². The Morgan fingerprint density at radius 1 is 1.00 bits per heavy atom. The highest BCUT2D eigenvalue weighted by Crippen LogP contribution is 2.12. The van der Waals surface area contributed by atoms with Crippen LogP contribution in [0.4, 0.5) is 0 Å². The van der Waals surface area contributed by atoms with Crippen LogP contribution in [0.25, 0.3) is 11.2 Å². The average molecular weight is 259 g/mol. The van der Waals surface area contributed by atoms with Crippen molar-refractivity contribution in [3.05, 3.63) is 24.2 Å². The average Bonchev–Trinajstić information content (AvgIpc) is 2.89. The second kappa shape index (κ2) is 7.93. The molecular weight excluding hydrogens is 234 g/mol. The minimum absolute atomic E-state index is 0.889. The predicted molar refractivity (Wildman–Crippen MR) is 80.2 cm³/mol. The molecule has 2 heterocycles. The van der Waals surface area contributed by atoms with Gasteiger partial charge in [0.15, 0.2) is 5.65 Å². The first kappa shape index (κ1) is 14.0. The summed E-state index contributed by atoms with van der Waals surface area (Å²) in [5.41, 5.74) is 3.00. The van der Waals surface area contributed by atoms with Gasteiger partial charge < -0.3 is 4.98 Å². The Kier molecular flexibility index (Phi) is 5.86. The Morgan fingerprint density at radius 2 is 1.74 bits per heavy atom. The minimum Gasteiger partial charge on any atom is -0.345 e. The van der Waals surface area contributed by atoms with Gasteiger partial charge in [0.05, 0.1) is 11.9 Å². The van der Waals surface area contributed by atoms with Crippen LogP contribution in [-0.2, 0) is 6.42 Å². The number of unbranched alkanes of at least 4 members (excludes halogenated alkanes) is 7. The maximum Gasteiger partial charge on any atom is 0.155 e. The van der Waals surface area contributed by atoms with Gasteiger partial charge in [-0.25, -0.2) is 9.97 Å². The molecule has 0 aliphatic rings. The van der Waals surface area contributed by atoms with Crippen molar-refractivity contribution in [1.29, 1.82) is 0 Å². The SMILES string of the molecule is CCCCCCCCCCc1cnc2[nH]ccc2n1. The van der Waals surface area contributed by atoms with Gasteiger partial charge in [-0.05, 0) is 18.9 Å². The van der Waals surface area contributed by atoms with Gasteiger partial charge in [0.25, 0.3) is 0 Å². The maximum atomic E-state index is 4.60. The molecule has 0 spiro atoms. The van der Waals surface area contributed by atoms with Crippen molar-refractivity contribution >= 4 is 11.2 Å². The fourth-order valence-electron chi connectivity index (χ4n) is 2.43. The van der Waals surface area contributed by atoms with Crippen molar-refractivity contribution in [2.75, 3.05) is 0 Å². The topological polar surface area (TPSA) is 41.6 Å². The van der Waals surface area contributed by atoms with E-state index in [1.165, 1.54) is 51.4 Å². The van der Waals surface area contributed by atoms with Gasteiger partial charge in [0, 0.05) is 6.20 Å². The Morgan fingerprint density at radius 3 is 2.53 bits per heavy atom. The highest BCUT2D eigenvalue weighted by Gasteiger charge is 2.00. The fraction of sp³-hybridized carbons (Fsp3) is 0.625. The third-order valence-electron chi connectivity index (χ3n) is 3.60. The van der Waals surface area contributed by atoms with Crippen LogP contribution in [0, 0.1) is 0 Å². The Bertz CT molecular complexity index is 476. The van der Waals surface area contributed by atoms with Gasteiger partial charge in [-0.3, -0.25) is 0 Å². The lowest BCUT2D eigenvalue weighted by atomic mass is 10.1. The van der Waals surface area contributed by atoms with Crippen LogP contribution in [0.2, 0.25) is 0 Å². The lowest BCUT2D eigenvalue weighted by Gasteiger charge is -2.02. The summed E-state index contributed by atoms with van der Waals surface area (Å²) in [6.45, 7) is 2.27. The van der Waals surface area contributed by atoms with E-state index in [1.807, 2.05) is 18.5 Å². The first-order valence-electron chi connectivity index (χ1n) is 7.69. The number of nitrogens with one attached hydrogen (secondary N) is 1. The number of aromatic nitrogens is 3. The molecule has 1 N–H and O–H groups in total. The normalized spacial score (nSPS) is 11.2. The molecule has 0 bridgehead atoms. The van der Waals surface area contributed by atoms with E-state index in [9.17, 15) is 0 Å². The summed E-state index contributed by atoms with van der Waals surface area (Å²) in [7, 11) is 0. The standard InChI is InChI=1S/C16H25N3/c1-2-3-4-5-6-7-8-9-10-14-13-18-16-15(19-14)11-12-17-16/h11-13H,2-10H2,1H3,(H,17,18). The number of hydrogen-bond acceptors (Lipinski definition) is 2. The molecule has 3 nitrogen and oxygen atoms in total. The van der Waals surface area contributed by atoms with E-state index in [0.717, 1.165) is 23.3 Å². The number of fused-ring (bicyclic) bond motifs is 1. The molecule has 0 saturated heterocycles. The summed E-state index contributed by atoms with van der Waals surface area (Å²) in [5, 5.41) is 0. The van der Waals surface area contributed by atoms with E-state index in [2.05, 4.69) is 21.9 Å². The molecule has 3 heteroatoms. The van der Waals surface area contributed by atoms with E-state index in [0.29, 0.717) is 0 Å². The number of H-pyrrole nitrogens is 1. The summed E-state index contributed by atoms with van der Waals surface area (Å²) in [4.78, 5) is 12.0. The number of nitrogens with zero attached hydrogens (tertiary/aromatic N) is 2. The van der Waals surface area contributed by atoms with Gasteiger partial charge in [-0.15, -0.1) is 0 Å². The molecule has 0 saturated carbocycles. The second-order valence-electron chi connectivity index (χ2n) is 5.30. The quantitative estimate of drug-likeness (QED) is 0.666. The van der Waals surface area contributed by atoms with E-state index >= 15 is 0 Å². The third-order valence-corrected chi connectivity index (χ3v) is 3.60. The number of aromatic amines is 1. The third kappa shape index (κ3) is 4.66. The van der Waals surface area contributed by atoms with Crippen molar-refractivity contribution in [1.82, 2.24) is 15.0 Å². The van der Waals surface area contributed by atoms with Crippen LogP contribution in [0.5, 0.6) is 0 Å². The van der Waals surface area contributed by atoms with E-state index in [1.54, 1.807) is 0 Å². The van der Waals surface area contributed by atoms with Crippen LogP contribution in [-0.4, -0.2) is 15.0 Å². The highest BCUT2D eigenvalue weighted by molar-refractivity contribution is 5.69. The molecular formula is C16H25N3. The summed E-state index contributed by atoms with van der Waals surface area (Å²) in [6, 6.07) is 1.99. The fourth-order valence-corrected chi connectivity index (χ4v) is 2.43. The molecule has 0 aliphatic carbocycles. The van der Waals surface area contributed by atoms with E-state index < -0.39 is 0 Å². The summed E-state index contributed by atoms with van der Waals surface area (Å²) < 4.78 is 0. The largest absolute Gasteiger partial charge is 0.345 e. The smallest absolute Gasteiger partial charge is 0.155 e. The van der Waals surface area contributed by atoms with Crippen LogP contribution in [0.1, 0.15) is 64.0 Å². The first-order valence-corrected chi connectivity index (χ1v) is 7.69. The van der Waals surface area contributed by atoms with Crippen molar-refractivity contribution < 1.29 is 0 Å². The minimum atomic E-state index is 0.889. The zero-order chi connectivity index (χ0) is 13.3. The van der Waals surface area contributed by atoms with Crippen molar-refractivity contribution in [3.63, 3.8) is 0 Å². The van der Waals surface area contributed by atoms with E-state index in [4.69, 9.17) is 0 Å². The van der Waals surface area contributed by atoms with Gasteiger partial charge in [-0.2, -0.15) is 0 Å². The number of hydrogen-bond donors (Lipinski definition) is 1. The summed E-state index contributed by atoms with van der Waals surface area (Å²) >= 11 is 0. The molecule has 2 aromatic heterocycles. The lowest BCUT2D eigenvalue weighted by Crippen LogP contribution is -1.92. The van der Waals surface area contributed by atoms with E-state index in [-0.39, 0.29) is 0 Å². The van der Waals surface area contributed by atoms with Crippen LogP contribution >= 0.6 is 0 Å². The summed E-state index contributed by atoms with van der Waals surface area (Å²) in [5.74, 6) is 0. The predicted octanol–water partition coefficient (Wildman–Crippen LogP) is 4.64. The molecule has 0 aromatic carbocycles. The highest BCUT2D eigenvalue weighted by atomic mass is 14.9. The lowest BCUT2D eigenvalue weighted by molar-refractivity contribution is 0.574. The Hall–Kier alpha value is -1.38. The zero-order valence-corrected chi connectivity index (χ0v) is 12.0. The summed E-state index contributed by atoms with van der Waals surface area (Å²) in [6.07, 6.45) is 15.7. The molecule has 0 fully saturated rings.